The molecule has 1 N–H and O–H groups in total. The number of fused-ring (bicyclic) bond motifs is 1. The molecule has 0 heterocycles. The second kappa shape index (κ2) is 7.70. The van der Waals surface area contributed by atoms with Crippen molar-refractivity contribution in [2.45, 2.75) is 6.04 Å². The van der Waals surface area contributed by atoms with Gasteiger partial charge in [0.2, 0.25) is 0 Å². The van der Waals surface area contributed by atoms with E-state index in [0.29, 0.717) is 5.56 Å². The number of methoxy groups -OCH3 is 1. The number of hydrogen-bond donors (Lipinski definition) is 1. The van der Waals surface area contributed by atoms with Crippen molar-refractivity contribution in [3.05, 3.63) is 83.4 Å². The van der Waals surface area contributed by atoms with Crippen LogP contribution in [-0.4, -0.2) is 25.0 Å². The zero-order valence-corrected chi connectivity index (χ0v) is 14.5. The van der Waals surface area contributed by atoms with E-state index in [-0.39, 0.29) is 11.1 Å². The van der Waals surface area contributed by atoms with Crippen molar-refractivity contribution in [3.63, 3.8) is 0 Å². The Morgan fingerprint density at radius 2 is 1.52 bits per heavy atom. The molecule has 6 heteroatoms. The summed E-state index contributed by atoms with van der Waals surface area (Å²) in [4.78, 5) is 36.1. The third-order valence-corrected chi connectivity index (χ3v) is 4.21. The minimum atomic E-state index is -1.47. The molecular formula is C21H16NO5-. The molecule has 3 rings (SSSR count). The lowest BCUT2D eigenvalue weighted by Gasteiger charge is -2.19. The highest BCUT2D eigenvalue weighted by Gasteiger charge is 2.25. The second-order valence-corrected chi connectivity index (χ2v) is 5.87. The standard InChI is InChI=1S/C21H17NO5/c1-27-21(26)18(15-11-10-13-6-2-3-7-14(13)12-15)22-19(23)16-8-4-5-9-17(16)20(24)25/h2-12,18H,1H3,(H,22,23)(H,24,25)/p-1/t18-/m1/s1. The molecule has 0 saturated heterocycles. The molecule has 0 bridgehead atoms. The molecule has 0 fully saturated rings. The highest BCUT2D eigenvalue weighted by atomic mass is 16.5. The zero-order chi connectivity index (χ0) is 19.4. The van der Waals surface area contributed by atoms with E-state index in [9.17, 15) is 19.5 Å². The average Bonchev–Trinajstić information content (AvgIpc) is 2.70. The normalized spacial score (nSPS) is 11.6. The summed E-state index contributed by atoms with van der Waals surface area (Å²) in [6.07, 6.45) is 0. The monoisotopic (exact) mass is 362 g/mol. The minimum Gasteiger partial charge on any atom is -0.545 e. The van der Waals surface area contributed by atoms with Crippen LogP contribution in [0.3, 0.4) is 0 Å². The zero-order valence-electron chi connectivity index (χ0n) is 14.5. The number of carboxylic acid groups (broad SMARTS) is 1. The number of nitrogens with one attached hydrogen (secondary N) is 1. The SMILES string of the molecule is COC(=O)[C@H](NC(=O)c1ccccc1C(=O)[O-])c1ccc2ccccc2c1. The molecule has 27 heavy (non-hydrogen) atoms. The number of amides is 1. The van der Waals surface area contributed by atoms with Gasteiger partial charge in [0.15, 0.2) is 6.04 Å². The lowest BCUT2D eigenvalue weighted by Crippen LogP contribution is -2.36. The minimum absolute atomic E-state index is 0.0906. The van der Waals surface area contributed by atoms with E-state index in [1.54, 1.807) is 12.1 Å². The molecule has 0 radical (unpaired) electrons. The molecule has 3 aromatic rings. The number of carbonyl (C=O) groups is 3. The van der Waals surface area contributed by atoms with Crippen LogP contribution in [0.5, 0.6) is 0 Å². The summed E-state index contributed by atoms with van der Waals surface area (Å²) in [5.74, 6) is -2.84. The molecule has 0 aromatic heterocycles. The van der Waals surface area contributed by atoms with Crippen LogP contribution in [0, 0.1) is 0 Å². The van der Waals surface area contributed by atoms with Gasteiger partial charge in [0.1, 0.15) is 0 Å². The first-order chi connectivity index (χ1) is 13.0. The van der Waals surface area contributed by atoms with Gasteiger partial charge >= 0.3 is 5.97 Å². The Morgan fingerprint density at radius 3 is 2.19 bits per heavy atom. The van der Waals surface area contributed by atoms with Gasteiger partial charge in [0.05, 0.1) is 13.1 Å². The molecule has 6 nitrogen and oxygen atoms in total. The quantitative estimate of drug-likeness (QED) is 0.699. The number of carboxylic acids is 1. The predicted octanol–water partition coefficient (Wildman–Crippen LogP) is 1.85. The summed E-state index contributed by atoms with van der Waals surface area (Å²) in [6, 6.07) is 17.5. The van der Waals surface area contributed by atoms with Gasteiger partial charge in [-0.15, -0.1) is 0 Å². The summed E-state index contributed by atoms with van der Waals surface area (Å²) < 4.78 is 4.81. The Hall–Kier alpha value is -3.67. The van der Waals surface area contributed by atoms with Crippen LogP contribution in [0.1, 0.15) is 32.3 Å². The average molecular weight is 362 g/mol. The summed E-state index contributed by atoms with van der Waals surface area (Å²) in [5, 5.41) is 15.7. The number of carbonyl (C=O) groups excluding carboxylic acids is 3. The number of aromatic carboxylic acids is 1. The summed E-state index contributed by atoms with van der Waals surface area (Å²) in [5.41, 5.74) is 0.184. The first-order valence-corrected chi connectivity index (χ1v) is 8.19. The molecular weight excluding hydrogens is 346 g/mol. The smallest absolute Gasteiger partial charge is 0.333 e. The van der Waals surface area contributed by atoms with Crippen LogP contribution in [0.25, 0.3) is 10.8 Å². The number of hydrogen-bond acceptors (Lipinski definition) is 5. The van der Waals surface area contributed by atoms with Crippen molar-refractivity contribution >= 4 is 28.6 Å². The van der Waals surface area contributed by atoms with Crippen molar-refractivity contribution in [1.82, 2.24) is 5.32 Å². The largest absolute Gasteiger partial charge is 0.545 e. The Labute approximate surface area is 155 Å². The van der Waals surface area contributed by atoms with Gasteiger partial charge in [-0.25, -0.2) is 4.79 Å². The van der Waals surface area contributed by atoms with Gasteiger partial charge in [0, 0.05) is 11.1 Å². The summed E-state index contributed by atoms with van der Waals surface area (Å²) in [6.45, 7) is 0. The van der Waals surface area contributed by atoms with Gasteiger partial charge < -0.3 is 20.0 Å². The van der Waals surface area contributed by atoms with E-state index >= 15 is 0 Å². The van der Waals surface area contributed by atoms with Crippen LogP contribution in [-0.2, 0) is 9.53 Å². The van der Waals surface area contributed by atoms with E-state index in [4.69, 9.17) is 4.74 Å². The molecule has 0 spiro atoms. The fourth-order valence-electron chi connectivity index (χ4n) is 2.85. The van der Waals surface area contributed by atoms with Crippen LogP contribution < -0.4 is 10.4 Å². The molecule has 0 aliphatic carbocycles. The van der Waals surface area contributed by atoms with E-state index in [0.717, 1.165) is 10.8 Å². The van der Waals surface area contributed by atoms with Crippen molar-refractivity contribution in [3.8, 4) is 0 Å². The third-order valence-electron chi connectivity index (χ3n) is 4.21. The third kappa shape index (κ3) is 3.79. The predicted molar refractivity (Wildman–Crippen MR) is 96.9 cm³/mol. The molecule has 3 aromatic carbocycles. The molecule has 0 saturated carbocycles. The van der Waals surface area contributed by atoms with Crippen LogP contribution >= 0.6 is 0 Å². The van der Waals surface area contributed by atoms with Gasteiger partial charge in [-0.05, 0) is 28.5 Å². The van der Waals surface area contributed by atoms with Crippen LogP contribution in [0.2, 0.25) is 0 Å². The summed E-state index contributed by atoms with van der Waals surface area (Å²) >= 11 is 0. The van der Waals surface area contributed by atoms with E-state index in [2.05, 4.69) is 5.32 Å². The first-order valence-electron chi connectivity index (χ1n) is 8.19. The first kappa shape index (κ1) is 18.1. The summed E-state index contributed by atoms with van der Waals surface area (Å²) in [7, 11) is 1.22. The highest BCUT2D eigenvalue weighted by molar-refractivity contribution is 6.05. The van der Waals surface area contributed by atoms with Crippen molar-refractivity contribution in [2.75, 3.05) is 7.11 Å². The fourth-order valence-corrected chi connectivity index (χ4v) is 2.85. The number of rotatable bonds is 5. The van der Waals surface area contributed by atoms with E-state index in [1.165, 1.54) is 31.4 Å². The lowest BCUT2D eigenvalue weighted by atomic mass is 10.0. The maximum Gasteiger partial charge on any atom is 0.333 e. The Kier molecular flexibility index (Phi) is 5.17. The van der Waals surface area contributed by atoms with Gasteiger partial charge in [-0.3, -0.25) is 4.79 Å². The Morgan fingerprint density at radius 1 is 0.889 bits per heavy atom. The van der Waals surface area contributed by atoms with Gasteiger partial charge in [0.25, 0.3) is 5.91 Å². The molecule has 0 aliphatic heterocycles. The second-order valence-electron chi connectivity index (χ2n) is 5.87. The molecule has 0 aliphatic rings. The highest BCUT2D eigenvalue weighted by Crippen LogP contribution is 2.22. The Balaban J connectivity index is 1.97. The molecule has 136 valence electrons. The maximum absolute atomic E-state index is 12.6. The van der Waals surface area contributed by atoms with Crippen molar-refractivity contribution in [1.29, 1.82) is 0 Å². The fraction of sp³-hybridized carbons (Fsp3) is 0.0952. The lowest BCUT2D eigenvalue weighted by molar-refractivity contribution is -0.255. The van der Waals surface area contributed by atoms with Crippen LogP contribution in [0.4, 0.5) is 0 Å². The Bertz CT molecular complexity index is 1030. The maximum atomic E-state index is 12.6. The van der Waals surface area contributed by atoms with E-state index < -0.39 is 23.9 Å². The molecule has 1 amide bonds. The topological polar surface area (TPSA) is 95.5 Å². The number of benzene rings is 3. The van der Waals surface area contributed by atoms with Crippen molar-refractivity contribution < 1.29 is 24.2 Å². The molecule has 0 unspecified atom stereocenters. The van der Waals surface area contributed by atoms with Gasteiger partial charge in [-0.1, -0.05) is 54.6 Å². The number of esters is 1. The van der Waals surface area contributed by atoms with Crippen LogP contribution in [0.15, 0.2) is 66.7 Å². The van der Waals surface area contributed by atoms with Gasteiger partial charge in [-0.2, -0.15) is 0 Å². The van der Waals surface area contributed by atoms with Crippen molar-refractivity contribution in [2.24, 2.45) is 0 Å². The van der Waals surface area contributed by atoms with E-state index in [1.807, 2.05) is 30.3 Å². The molecule has 1 atom stereocenters. The number of ether oxygens (including phenoxy) is 1.